The third-order valence-electron chi connectivity index (χ3n) is 4.28. The van der Waals surface area contributed by atoms with Crippen molar-refractivity contribution in [2.24, 2.45) is 0 Å². The Morgan fingerprint density at radius 3 is 2.64 bits per heavy atom. The molecule has 28 heavy (non-hydrogen) atoms. The Bertz CT molecular complexity index is 1140. The molecule has 0 saturated heterocycles. The number of amides is 1. The van der Waals surface area contributed by atoms with E-state index in [9.17, 15) is 4.79 Å². The van der Waals surface area contributed by atoms with E-state index in [0.717, 1.165) is 21.3 Å². The first-order valence-corrected chi connectivity index (χ1v) is 9.93. The molecule has 0 aliphatic heterocycles. The predicted octanol–water partition coefficient (Wildman–Crippen LogP) is 6.09. The third-order valence-corrected chi connectivity index (χ3v) is 5.47. The first-order valence-electron chi connectivity index (χ1n) is 8.74. The van der Waals surface area contributed by atoms with E-state index in [0.29, 0.717) is 28.1 Å². The number of halogens is 1. The summed E-state index contributed by atoms with van der Waals surface area (Å²) in [5, 5.41) is 4.14. The van der Waals surface area contributed by atoms with Gasteiger partial charge >= 0.3 is 0 Å². The summed E-state index contributed by atoms with van der Waals surface area (Å²) in [6.45, 7) is 2.36. The van der Waals surface area contributed by atoms with Crippen molar-refractivity contribution in [3.05, 3.63) is 88.4 Å². The minimum absolute atomic E-state index is 0.247. The highest BCUT2D eigenvalue weighted by molar-refractivity contribution is 7.22. The second-order valence-electron chi connectivity index (χ2n) is 6.31. The van der Waals surface area contributed by atoms with Gasteiger partial charge in [0.05, 0.1) is 15.8 Å². The Morgan fingerprint density at radius 1 is 1.07 bits per heavy atom. The molecule has 0 aliphatic carbocycles. The minimum atomic E-state index is -0.247. The smallest absolute Gasteiger partial charge is 0.261 e. The number of fused-ring (bicyclic) bond motifs is 1. The second kappa shape index (κ2) is 8.00. The number of aryl methyl sites for hydroxylation is 1. The highest BCUT2D eigenvalue weighted by atomic mass is 35.5. The van der Waals surface area contributed by atoms with Crippen LogP contribution in [0.5, 0.6) is 5.75 Å². The molecule has 3 aromatic carbocycles. The topological polar surface area (TPSA) is 51.2 Å². The van der Waals surface area contributed by atoms with Crippen LogP contribution >= 0.6 is 22.9 Å². The number of aromatic nitrogens is 1. The van der Waals surface area contributed by atoms with E-state index < -0.39 is 0 Å². The molecule has 6 heteroatoms. The lowest BCUT2D eigenvalue weighted by atomic mass is 10.2. The molecular formula is C22H17ClN2O2S. The van der Waals surface area contributed by atoms with Crippen LogP contribution in [0.4, 0.5) is 5.13 Å². The molecule has 4 aromatic rings. The van der Waals surface area contributed by atoms with Crippen molar-refractivity contribution in [2.75, 3.05) is 5.32 Å². The van der Waals surface area contributed by atoms with Crippen LogP contribution in [0.15, 0.2) is 66.7 Å². The van der Waals surface area contributed by atoms with Crippen LogP contribution in [-0.4, -0.2) is 10.9 Å². The number of hydrogen-bond acceptors (Lipinski definition) is 4. The van der Waals surface area contributed by atoms with Crippen LogP contribution in [0.1, 0.15) is 21.5 Å². The molecule has 0 saturated carbocycles. The maximum atomic E-state index is 12.8. The average molecular weight is 409 g/mol. The molecular weight excluding hydrogens is 392 g/mol. The molecule has 1 amide bonds. The Morgan fingerprint density at radius 2 is 1.86 bits per heavy atom. The number of anilines is 1. The number of carbonyl (C=O) groups is 1. The van der Waals surface area contributed by atoms with Crippen molar-refractivity contribution >= 4 is 44.2 Å². The van der Waals surface area contributed by atoms with Crippen LogP contribution in [0, 0.1) is 6.92 Å². The summed E-state index contributed by atoms with van der Waals surface area (Å²) in [5.41, 5.74) is 3.43. The number of rotatable bonds is 5. The number of para-hydroxylation sites is 2. The molecule has 1 heterocycles. The third kappa shape index (κ3) is 4.01. The molecule has 0 atom stereocenters. The number of carbonyl (C=O) groups excluding carboxylic acids is 1. The number of hydrogen-bond donors (Lipinski definition) is 1. The van der Waals surface area contributed by atoms with Crippen molar-refractivity contribution in [1.29, 1.82) is 0 Å². The molecule has 0 spiro atoms. The number of ether oxygens (including phenoxy) is 1. The van der Waals surface area contributed by atoms with Crippen molar-refractivity contribution in [3.63, 3.8) is 0 Å². The normalized spacial score (nSPS) is 10.8. The van der Waals surface area contributed by atoms with Gasteiger partial charge in [-0.3, -0.25) is 10.1 Å². The maximum absolute atomic E-state index is 12.8. The molecule has 0 radical (unpaired) electrons. The molecule has 0 fully saturated rings. The lowest BCUT2D eigenvalue weighted by molar-refractivity contribution is 0.102. The minimum Gasteiger partial charge on any atom is -0.488 e. The quantitative estimate of drug-likeness (QED) is 0.434. The number of nitrogens with zero attached hydrogens (tertiary/aromatic N) is 1. The molecule has 0 unspecified atom stereocenters. The largest absolute Gasteiger partial charge is 0.488 e. The Labute approximate surface area is 171 Å². The number of thiazole rings is 1. The summed E-state index contributed by atoms with van der Waals surface area (Å²) in [6.07, 6.45) is 0. The van der Waals surface area contributed by atoms with Crippen molar-refractivity contribution in [2.45, 2.75) is 13.5 Å². The van der Waals surface area contributed by atoms with Gasteiger partial charge in [-0.2, -0.15) is 0 Å². The molecule has 1 aromatic heterocycles. The highest BCUT2D eigenvalue weighted by Crippen LogP contribution is 2.29. The number of nitrogens with one attached hydrogen (secondary N) is 1. The molecule has 0 bridgehead atoms. The highest BCUT2D eigenvalue weighted by Gasteiger charge is 2.15. The zero-order valence-electron chi connectivity index (χ0n) is 15.1. The Balaban J connectivity index is 1.52. The Hall–Kier alpha value is -2.89. The van der Waals surface area contributed by atoms with Gasteiger partial charge in [0.15, 0.2) is 5.13 Å². The van der Waals surface area contributed by atoms with Crippen molar-refractivity contribution in [1.82, 2.24) is 4.98 Å². The summed E-state index contributed by atoms with van der Waals surface area (Å²) >= 11 is 7.37. The fourth-order valence-corrected chi connectivity index (χ4v) is 3.89. The first-order chi connectivity index (χ1) is 13.6. The fraction of sp³-hybridized carbons (Fsp3) is 0.0909. The zero-order chi connectivity index (χ0) is 19.5. The average Bonchev–Trinajstić information content (AvgIpc) is 3.11. The van der Waals surface area contributed by atoms with E-state index >= 15 is 0 Å². The van der Waals surface area contributed by atoms with E-state index in [2.05, 4.69) is 10.3 Å². The van der Waals surface area contributed by atoms with Gasteiger partial charge in [0.25, 0.3) is 5.91 Å². The van der Waals surface area contributed by atoms with E-state index in [4.69, 9.17) is 16.3 Å². The van der Waals surface area contributed by atoms with E-state index in [1.54, 1.807) is 12.1 Å². The predicted molar refractivity (Wildman–Crippen MR) is 115 cm³/mol. The molecule has 4 nitrogen and oxygen atoms in total. The van der Waals surface area contributed by atoms with Gasteiger partial charge in [0, 0.05) is 5.02 Å². The summed E-state index contributed by atoms with van der Waals surface area (Å²) in [6, 6.07) is 20.6. The van der Waals surface area contributed by atoms with Crippen LogP contribution in [-0.2, 0) is 6.61 Å². The van der Waals surface area contributed by atoms with E-state index in [-0.39, 0.29) is 5.91 Å². The van der Waals surface area contributed by atoms with Gasteiger partial charge < -0.3 is 4.74 Å². The van der Waals surface area contributed by atoms with Gasteiger partial charge in [0.1, 0.15) is 12.4 Å². The van der Waals surface area contributed by atoms with Crippen molar-refractivity contribution < 1.29 is 9.53 Å². The summed E-state index contributed by atoms with van der Waals surface area (Å²) in [5.74, 6) is 0.274. The summed E-state index contributed by atoms with van der Waals surface area (Å²) in [7, 11) is 0. The molecule has 0 aliphatic rings. The maximum Gasteiger partial charge on any atom is 0.261 e. The van der Waals surface area contributed by atoms with E-state index in [1.807, 2.05) is 61.5 Å². The first kappa shape index (κ1) is 18.5. The molecule has 4 rings (SSSR count). The number of benzene rings is 3. The summed E-state index contributed by atoms with van der Waals surface area (Å²) < 4.78 is 6.92. The van der Waals surface area contributed by atoms with Gasteiger partial charge in [-0.1, -0.05) is 59.3 Å². The zero-order valence-corrected chi connectivity index (χ0v) is 16.7. The van der Waals surface area contributed by atoms with Crippen LogP contribution in [0.2, 0.25) is 5.02 Å². The standard InChI is InChI=1S/C22H17ClN2O2S/c1-14-5-4-8-19-20(14)24-22(28-19)25-21(26)17-6-2-3-7-18(17)27-13-15-9-11-16(23)12-10-15/h2-12H,13H2,1H3,(H,24,25,26). The monoisotopic (exact) mass is 408 g/mol. The van der Waals surface area contributed by atoms with Gasteiger partial charge in [0.2, 0.25) is 0 Å². The van der Waals surface area contributed by atoms with E-state index in [1.165, 1.54) is 11.3 Å². The van der Waals surface area contributed by atoms with Crippen molar-refractivity contribution in [3.8, 4) is 5.75 Å². The lowest BCUT2D eigenvalue weighted by Gasteiger charge is -2.11. The second-order valence-corrected chi connectivity index (χ2v) is 7.77. The van der Waals surface area contributed by atoms with Crippen LogP contribution < -0.4 is 10.1 Å². The van der Waals surface area contributed by atoms with Gasteiger partial charge in [-0.25, -0.2) is 4.98 Å². The summed E-state index contributed by atoms with van der Waals surface area (Å²) in [4.78, 5) is 17.4. The molecule has 1 N–H and O–H groups in total. The van der Waals surface area contributed by atoms with Gasteiger partial charge in [-0.15, -0.1) is 0 Å². The Kier molecular flexibility index (Phi) is 5.28. The molecule has 140 valence electrons. The fourth-order valence-electron chi connectivity index (χ4n) is 2.83. The van der Waals surface area contributed by atoms with Gasteiger partial charge in [-0.05, 0) is 48.4 Å². The lowest BCUT2D eigenvalue weighted by Crippen LogP contribution is -2.13. The van der Waals surface area contributed by atoms with Crippen LogP contribution in [0.25, 0.3) is 10.2 Å². The SMILES string of the molecule is Cc1cccc2sc(NC(=O)c3ccccc3OCc3ccc(Cl)cc3)nc12. The van der Waals surface area contributed by atoms with Crippen LogP contribution in [0.3, 0.4) is 0 Å².